The van der Waals surface area contributed by atoms with Crippen LogP contribution in [0.5, 0.6) is 23.0 Å². The van der Waals surface area contributed by atoms with E-state index >= 15 is 0 Å². The van der Waals surface area contributed by atoms with Crippen LogP contribution >= 0.6 is 0 Å². The zero-order chi connectivity index (χ0) is 26.7. The molecule has 0 unspecified atom stereocenters. The quantitative estimate of drug-likeness (QED) is 0.257. The van der Waals surface area contributed by atoms with Gasteiger partial charge in [0.1, 0.15) is 28.5 Å². The number of anilines is 1. The smallest absolute Gasteiger partial charge is 0.238 e. The second-order valence-corrected chi connectivity index (χ2v) is 9.25. The Hall–Kier alpha value is -4.46. The van der Waals surface area contributed by atoms with Gasteiger partial charge < -0.3 is 19.5 Å². The fourth-order valence-corrected chi connectivity index (χ4v) is 4.43. The number of ketones is 1. The van der Waals surface area contributed by atoms with Gasteiger partial charge in [0.25, 0.3) is 0 Å². The maximum atomic E-state index is 13.1. The van der Waals surface area contributed by atoms with Crippen molar-refractivity contribution < 1.29 is 28.2 Å². The molecule has 5 rings (SSSR count). The van der Waals surface area contributed by atoms with Gasteiger partial charge in [-0.15, -0.1) is 0 Å². The van der Waals surface area contributed by atoms with Gasteiger partial charge in [0.05, 0.1) is 19.7 Å². The van der Waals surface area contributed by atoms with Crippen LogP contribution in [-0.4, -0.2) is 30.9 Å². The highest BCUT2D eigenvalue weighted by Crippen LogP contribution is 2.48. The predicted molar refractivity (Wildman–Crippen MR) is 141 cm³/mol. The third kappa shape index (κ3) is 5.16. The lowest BCUT2D eigenvalue weighted by Gasteiger charge is -2.15. The number of hydrogen-bond acceptors (Lipinski definition) is 6. The van der Waals surface area contributed by atoms with Crippen LogP contribution in [0.3, 0.4) is 0 Å². The van der Waals surface area contributed by atoms with Gasteiger partial charge in [0, 0.05) is 29.8 Å². The molecule has 1 aliphatic rings. The second kappa shape index (κ2) is 10.5. The van der Waals surface area contributed by atoms with Crippen molar-refractivity contribution in [3.8, 4) is 23.0 Å². The number of methoxy groups -OCH3 is 2. The van der Waals surface area contributed by atoms with Crippen molar-refractivity contribution in [2.24, 2.45) is 5.41 Å². The Kier molecular flexibility index (Phi) is 6.96. The summed E-state index contributed by atoms with van der Waals surface area (Å²) in [7, 11) is 3.15. The highest BCUT2D eigenvalue weighted by molar-refractivity contribution is 6.13. The molecule has 0 spiro atoms. The molecule has 4 aromatic rings. The number of benzene rings is 3. The van der Waals surface area contributed by atoms with Gasteiger partial charge in [-0.3, -0.25) is 14.6 Å². The summed E-state index contributed by atoms with van der Waals surface area (Å²) in [4.78, 5) is 30.1. The van der Waals surface area contributed by atoms with E-state index in [1.54, 1.807) is 32.5 Å². The molecular weight excluding hydrogens is 487 g/mol. The number of nitrogens with zero attached hydrogens (tertiary/aromatic N) is 1. The summed E-state index contributed by atoms with van der Waals surface area (Å²) in [6.07, 6.45) is 3.50. The second-order valence-electron chi connectivity index (χ2n) is 9.25. The van der Waals surface area contributed by atoms with Gasteiger partial charge in [0.15, 0.2) is 11.5 Å². The first-order valence-corrected chi connectivity index (χ1v) is 12.3. The summed E-state index contributed by atoms with van der Waals surface area (Å²) in [5.41, 5.74) is 1.17. The number of carbonyl (C=O) groups is 2. The molecule has 3 aromatic carbocycles. The highest BCUT2D eigenvalue weighted by Gasteiger charge is 2.55. The van der Waals surface area contributed by atoms with Gasteiger partial charge in [-0.25, -0.2) is 4.39 Å². The Morgan fingerprint density at radius 1 is 0.921 bits per heavy atom. The fourth-order valence-electron chi connectivity index (χ4n) is 4.43. The molecule has 0 saturated heterocycles. The van der Waals surface area contributed by atoms with E-state index in [0.29, 0.717) is 53.5 Å². The zero-order valence-electron chi connectivity index (χ0n) is 21.1. The fraction of sp³-hybridized carbons (Fsp3) is 0.233. The SMILES string of the molecule is COc1cc2nccc(Oc3ccc(CCC(=O)C4(C(=O)Nc5ccc(F)cc5)CC4)cc3)c2cc1OC. The molecule has 38 heavy (non-hydrogen) atoms. The summed E-state index contributed by atoms with van der Waals surface area (Å²) in [5, 5.41) is 3.53. The molecule has 1 saturated carbocycles. The number of aryl methyl sites for hydroxylation is 1. The average Bonchev–Trinajstić information content (AvgIpc) is 3.75. The number of aromatic nitrogens is 1. The Labute approximate surface area is 219 Å². The largest absolute Gasteiger partial charge is 0.493 e. The minimum atomic E-state index is -0.983. The Balaban J connectivity index is 1.21. The van der Waals surface area contributed by atoms with Gasteiger partial charge in [-0.05, 0) is 73.4 Å². The Morgan fingerprint density at radius 3 is 2.26 bits per heavy atom. The number of nitrogens with one attached hydrogen (secondary N) is 1. The maximum Gasteiger partial charge on any atom is 0.238 e. The molecule has 0 radical (unpaired) electrons. The molecule has 1 fully saturated rings. The summed E-state index contributed by atoms with van der Waals surface area (Å²) >= 11 is 0. The molecule has 1 aliphatic carbocycles. The van der Waals surface area contributed by atoms with Crippen molar-refractivity contribution in [2.45, 2.75) is 25.7 Å². The van der Waals surface area contributed by atoms with E-state index in [1.807, 2.05) is 30.3 Å². The van der Waals surface area contributed by atoms with Gasteiger partial charge in [0.2, 0.25) is 5.91 Å². The first-order chi connectivity index (χ1) is 18.4. The summed E-state index contributed by atoms with van der Waals surface area (Å²) in [6, 6.07) is 18.4. The van der Waals surface area contributed by atoms with Crippen molar-refractivity contribution in [3.05, 3.63) is 84.3 Å². The monoisotopic (exact) mass is 514 g/mol. The van der Waals surface area contributed by atoms with E-state index < -0.39 is 5.41 Å². The van der Waals surface area contributed by atoms with E-state index in [9.17, 15) is 14.0 Å². The number of ether oxygens (including phenoxy) is 3. The van der Waals surface area contributed by atoms with Crippen LogP contribution in [0.25, 0.3) is 10.9 Å². The van der Waals surface area contributed by atoms with E-state index in [-0.39, 0.29) is 23.9 Å². The number of hydrogen-bond donors (Lipinski definition) is 1. The highest BCUT2D eigenvalue weighted by atomic mass is 19.1. The van der Waals surface area contributed by atoms with Crippen LogP contribution in [0, 0.1) is 11.2 Å². The minimum absolute atomic E-state index is 0.0786. The topological polar surface area (TPSA) is 86.8 Å². The van der Waals surface area contributed by atoms with Gasteiger partial charge >= 0.3 is 0 Å². The zero-order valence-corrected chi connectivity index (χ0v) is 21.1. The van der Waals surface area contributed by atoms with Crippen molar-refractivity contribution in [1.82, 2.24) is 4.98 Å². The Morgan fingerprint density at radius 2 is 1.61 bits per heavy atom. The molecule has 7 nitrogen and oxygen atoms in total. The number of pyridine rings is 1. The summed E-state index contributed by atoms with van der Waals surface area (Å²) in [6.45, 7) is 0. The number of carbonyl (C=O) groups excluding carboxylic acids is 2. The van der Waals surface area contributed by atoms with Gasteiger partial charge in [-0.2, -0.15) is 0 Å². The van der Waals surface area contributed by atoms with Crippen molar-refractivity contribution in [2.75, 3.05) is 19.5 Å². The van der Waals surface area contributed by atoms with Crippen LogP contribution in [0.2, 0.25) is 0 Å². The molecule has 0 atom stereocenters. The molecule has 194 valence electrons. The molecule has 1 aromatic heterocycles. The van der Waals surface area contributed by atoms with Gasteiger partial charge in [-0.1, -0.05) is 12.1 Å². The summed E-state index contributed by atoms with van der Waals surface area (Å²) < 4.78 is 30.0. The lowest BCUT2D eigenvalue weighted by atomic mass is 9.94. The molecule has 0 aliphatic heterocycles. The molecular formula is C30H27FN2O5. The van der Waals surface area contributed by atoms with Crippen LogP contribution in [0.4, 0.5) is 10.1 Å². The minimum Gasteiger partial charge on any atom is -0.493 e. The van der Waals surface area contributed by atoms with E-state index in [1.165, 1.54) is 24.3 Å². The van der Waals surface area contributed by atoms with Crippen molar-refractivity contribution >= 4 is 28.3 Å². The van der Waals surface area contributed by atoms with Crippen LogP contribution in [-0.2, 0) is 16.0 Å². The number of Topliss-reactive ketones (excluding diaryl/α,β-unsaturated/α-hetero) is 1. The number of amides is 1. The van der Waals surface area contributed by atoms with E-state index in [2.05, 4.69) is 10.3 Å². The summed E-state index contributed by atoms with van der Waals surface area (Å²) in [5.74, 6) is 1.65. The third-order valence-electron chi connectivity index (χ3n) is 6.82. The van der Waals surface area contributed by atoms with Crippen LogP contribution in [0.15, 0.2) is 72.9 Å². The number of fused-ring (bicyclic) bond motifs is 1. The average molecular weight is 515 g/mol. The van der Waals surface area contributed by atoms with E-state index in [4.69, 9.17) is 14.2 Å². The normalized spacial score (nSPS) is 13.6. The predicted octanol–water partition coefficient (Wildman–Crippen LogP) is 6.10. The van der Waals surface area contributed by atoms with E-state index in [0.717, 1.165) is 10.9 Å². The first-order valence-electron chi connectivity index (χ1n) is 12.3. The molecule has 1 N–H and O–H groups in total. The molecule has 1 amide bonds. The van der Waals surface area contributed by atoms with Crippen molar-refractivity contribution in [3.63, 3.8) is 0 Å². The number of halogens is 1. The standard InChI is InChI=1S/C30H27FN2O5/c1-36-26-17-23-24(18-27(26)37-2)32-16-13-25(23)38-22-10-3-19(4-11-22)5-12-28(34)30(14-15-30)29(35)33-21-8-6-20(31)7-9-21/h3-4,6-11,13,16-18H,5,12,14-15H2,1-2H3,(H,33,35). The maximum absolute atomic E-state index is 13.1. The molecule has 1 heterocycles. The van der Waals surface area contributed by atoms with Crippen molar-refractivity contribution in [1.29, 1.82) is 0 Å². The lowest BCUT2D eigenvalue weighted by molar-refractivity contribution is -0.133. The lowest BCUT2D eigenvalue weighted by Crippen LogP contribution is -2.31. The first kappa shape index (κ1) is 25.2. The number of rotatable bonds is 10. The van der Waals surface area contributed by atoms with Crippen LogP contribution in [0.1, 0.15) is 24.8 Å². The Bertz CT molecular complexity index is 1480. The van der Waals surface area contributed by atoms with Crippen LogP contribution < -0.4 is 19.5 Å². The molecule has 8 heteroatoms. The molecule has 0 bridgehead atoms. The third-order valence-corrected chi connectivity index (χ3v) is 6.82.